The molecule has 2 atom stereocenters. The predicted octanol–water partition coefficient (Wildman–Crippen LogP) is 2.10. The Morgan fingerprint density at radius 1 is 1.24 bits per heavy atom. The van der Waals surface area contributed by atoms with Crippen molar-refractivity contribution in [2.24, 2.45) is 11.7 Å². The van der Waals surface area contributed by atoms with Crippen molar-refractivity contribution in [2.45, 2.75) is 57.0 Å². The minimum atomic E-state index is -0.990. The van der Waals surface area contributed by atoms with Crippen LogP contribution in [0.25, 0.3) is 0 Å². The molecule has 0 aromatic heterocycles. The van der Waals surface area contributed by atoms with Crippen molar-refractivity contribution in [2.75, 3.05) is 7.11 Å². The number of carbonyl (C=O) groups is 2. The van der Waals surface area contributed by atoms with Crippen molar-refractivity contribution < 1.29 is 19.4 Å². The molecule has 0 heterocycles. The van der Waals surface area contributed by atoms with Crippen LogP contribution in [-0.4, -0.2) is 36.2 Å². The summed E-state index contributed by atoms with van der Waals surface area (Å²) in [5, 5.41) is 12.0. The molecule has 0 unspecified atom stereocenters. The largest absolute Gasteiger partial charge is 0.497 e. The fraction of sp³-hybridized carbons (Fsp3) is 0.579. The lowest BCUT2D eigenvalue weighted by Crippen LogP contribution is -2.49. The maximum Gasteiger partial charge on any atom is 0.326 e. The Labute approximate surface area is 148 Å². The highest BCUT2D eigenvalue weighted by molar-refractivity contribution is 5.87. The van der Waals surface area contributed by atoms with E-state index < -0.39 is 24.0 Å². The van der Waals surface area contributed by atoms with Crippen molar-refractivity contribution in [1.82, 2.24) is 5.32 Å². The van der Waals surface area contributed by atoms with Gasteiger partial charge in [-0.05, 0) is 36.5 Å². The quantitative estimate of drug-likeness (QED) is 0.668. The van der Waals surface area contributed by atoms with Crippen molar-refractivity contribution in [1.29, 1.82) is 0 Å². The van der Waals surface area contributed by atoms with Crippen molar-refractivity contribution in [3.63, 3.8) is 0 Å². The van der Waals surface area contributed by atoms with Gasteiger partial charge in [0, 0.05) is 0 Å². The number of nitrogens with one attached hydrogen (secondary N) is 1. The number of aliphatic carboxylic acids is 1. The number of ether oxygens (including phenoxy) is 1. The number of benzene rings is 1. The summed E-state index contributed by atoms with van der Waals surface area (Å²) in [6.07, 6.45) is 6.41. The van der Waals surface area contributed by atoms with Crippen LogP contribution in [0.4, 0.5) is 0 Å². The van der Waals surface area contributed by atoms with Gasteiger partial charge in [-0.15, -0.1) is 0 Å². The first-order chi connectivity index (χ1) is 12.0. The molecule has 1 aromatic rings. The van der Waals surface area contributed by atoms with E-state index in [0.717, 1.165) is 37.0 Å². The molecule has 2 rings (SSSR count). The van der Waals surface area contributed by atoms with Crippen molar-refractivity contribution >= 4 is 11.9 Å². The van der Waals surface area contributed by atoms with Gasteiger partial charge in [0.05, 0.1) is 13.2 Å². The Bertz CT molecular complexity index is 567. The summed E-state index contributed by atoms with van der Waals surface area (Å²) in [6.45, 7) is 0. The lowest BCUT2D eigenvalue weighted by Gasteiger charge is -2.25. The van der Waals surface area contributed by atoms with E-state index in [4.69, 9.17) is 10.5 Å². The van der Waals surface area contributed by atoms with E-state index in [1.54, 1.807) is 7.11 Å². The zero-order chi connectivity index (χ0) is 18.2. The van der Waals surface area contributed by atoms with Crippen LogP contribution in [0.2, 0.25) is 0 Å². The molecule has 1 aliphatic carbocycles. The van der Waals surface area contributed by atoms with E-state index in [0.29, 0.717) is 18.8 Å². The summed E-state index contributed by atoms with van der Waals surface area (Å²) < 4.78 is 5.10. The second kappa shape index (κ2) is 9.42. The number of methoxy groups -OCH3 is 1. The minimum Gasteiger partial charge on any atom is -0.497 e. The molecule has 0 saturated heterocycles. The first kappa shape index (κ1) is 19.2. The first-order valence-corrected chi connectivity index (χ1v) is 8.91. The molecule has 0 bridgehead atoms. The molecule has 138 valence electrons. The van der Waals surface area contributed by atoms with Gasteiger partial charge in [0.2, 0.25) is 5.91 Å². The van der Waals surface area contributed by atoms with Crippen LogP contribution in [0.1, 0.15) is 44.1 Å². The van der Waals surface area contributed by atoms with Crippen LogP contribution in [-0.2, 0) is 16.0 Å². The lowest BCUT2D eigenvalue weighted by molar-refractivity contribution is -0.142. The molecule has 0 spiro atoms. The molecular formula is C19H28N2O4. The molecule has 6 nitrogen and oxygen atoms in total. The Kier molecular flexibility index (Phi) is 7.25. The number of carbonyl (C=O) groups excluding carboxylic acids is 1. The summed E-state index contributed by atoms with van der Waals surface area (Å²) in [5.41, 5.74) is 6.87. The summed E-state index contributed by atoms with van der Waals surface area (Å²) in [4.78, 5) is 23.8. The van der Waals surface area contributed by atoms with Gasteiger partial charge in [-0.3, -0.25) is 4.79 Å². The molecule has 1 aromatic carbocycles. The lowest BCUT2D eigenvalue weighted by atomic mass is 9.84. The van der Waals surface area contributed by atoms with Crippen LogP contribution in [0.3, 0.4) is 0 Å². The van der Waals surface area contributed by atoms with Crippen LogP contribution in [0, 0.1) is 5.92 Å². The standard InChI is InChI=1S/C19H28N2O4/c1-25-15-9-7-14(8-10-15)11-16(20)18(22)21-17(19(23)24)12-13-5-3-2-4-6-13/h7-10,13,16-17H,2-6,11-12,20H2,1H3,(H,21,22)(H,23,24)/t16-,17-/m0/s1. The molecule has 1 fully saturated rings. The minimum absolute atomic E-state index is 0.353. The summed E-state index contributed by atoms with van der Waals surface area (Å²) in [7, 11) is 1.59. The highest BCUT2D eigenvalue weighted by Gasteiger charge is 2.27. The normalized spacial score (nSPS) is 17.5. The van der Waals surface area contributed by atoms with Crippen LogP contribution in [0.5, 0.6) is 5.75 Å². The third kappa shape index (κ3) is 6.05. The smallest absolute Gasteiger partial charge is 0.326 e. The summed E-state index contributed by atoms with van der Waals surface area (Å²) >= 11 is 0. The van der Waals surface area contributed by atoms with E-state index in [-0.39, 0.29) is 0 Å². The monoisotopic (exact) mass is 348 g/mol. The zero-order valence-corrected chi connectivity index (χ0v) is 14.7. The van der Waals surface area contributed by atoms with Gasteiger partial charge >= 0.3 is 5.97 Å². The van der Waals surface area contributed by atoms with Gasteiger partial charge in [0.15, 0.2) is 0 Å². The molecule has 0 aliphatic heterocycles. The highest BCUT2D eigenvalue weighted by atomic mass is 16.5. The van der Waals surface area contributed by atoms with E-state index in [1.807, 2.05) is 24.3 Å². The number of hydrogen-bond acceptors (Lipinski definition) is 4. The van der Waals surface area contributed by atoms with Crippen molar-refractivity contribution in [3.8, 4) is 5.75 Å². The summed E-state index contributed by atoms with van der Waals surface area (Å²) in [5.74, 6) is -0.303. The Hall–Kier alpha value is -2.08. The van der Waals surface area contributed by atoms with E-state index in [1.165, 1.54) is 6.42 Å². The molecule has 4 N–H and O–H groups in total. The highest BCUT2D eigenvalue weighted by Crippen LogP contribution is 2.27. The fourth-order valence-electron chi connectivity index (χ4n) is 3.36. The molecule has 1 saturated carbocycles. The zero-order valence-electron chi connectivity index (χ0n) is 14.7. The number of nitrogens with two attached hydrogens (primary N) is 1. The average Bonchev–Trinajstić information content (AvgIpc) is 2.62. The number of rotatable bonds is 8. The number of carboxylic acids is 1. The topological polar surface area (TPSA) is 102 Å². The number of hydrogen-bond donors (Lipinski definition) is 3. The number of carboxylic acid groups (broad SMARTS) is 1. The van der Waals surface area contributed by atoms with Gasteiger partial charge in [0.1, 0.15) is 11.8 Å². The molecule has 1 aliphatic rings. The molecular weight excluding hydrogens is 320 g/mol. The fourth-order valence-corrected chi connectivity index (χ4v) is 3.36. The molecule has 6 heteroatoms. The maximum atomic E-state index is 12.3. The van der Waals surface area contributed by atoms with Crippen LogP contribution >= 0.6 is 0 Å². The van der Waals surface area contributed by atoms with Gasteiger partial charge in [-0.2, -0.15) is 0 Å². The second-order valence-electron chi connectivity index (χ2n) is 6.80. The van der Waals surface area contributed by atoms with E-state index in [9.17, 15) is 14.7 Å². The second-order valence-corrected chi connectivity index (χ2v) is 6.80. The molecule has 1 amide bonds. The Morgan fingerprint density at radius 3 is 2.44 bits per heavy atom. The van der Waals surface area contributed by atoms with Crippen LogP contribution < -0.4 is 15.8 Å². The van der Waals surface area contributed by atoms with Crippen LogP contribution in [0.15, 0.2) is 24.3 Å². The molecule has 25 heavy (non-hydrogen) atoms. The summed E-state index contributed by atoms with van der Waals surface area (Å²) in [6, 6.07) is 5.68. The number of amides is 1. The van der Waals surface area contributed by atoms with E-state index in [2.05, 4.69) is 5.32 Å². The first-order valence-electron chi connectivity index (χ1n) is 8.91. The van der Waals surface area contributed by atoms with Gasteiger partial charge in [-0.25, -0.2) is 4.79 Å². The predicted molar refractivity (Wildman–Crippen MR) is 95.4 cm³/mol. The maximum absolute atomic E-state index is 12.3. The van der Waals surface area contributed by atoms with Gasteiger partial charge < -0.3 is 20.9 Å². The third-order valence-corrected chi connectivity index (χ3v) is 4.86. The van der Waals surface area contributed by atoms with E-state index >= 15 is 0 Å². The molecule has 0 radical (unpaired) electrons. The van der Waals surface area contributed by atoms with Crippen molar-refractivity contribution in [3.05, 3.63) is 29.8 Å². The van der Waals surface area contributed by atoms with Gasteiger partial charge in [0.25, 0.3) is 0 Å². The third-order valence-electron chi connectivity index (χ3n) is 4.86. The van der Waals surface area contributed by atoms with Gasteiger partial charge in [-0.1, -0.05) is 44.2 Å². The SMILES string of the molecule is COc1ccc(C[C@H](N)C(=O)N[C@@H](CC2CCCCC2)C(=O)O)cc1. The average molecular weight is 348 g/mol. The Balaban J connectivity index is 1.88. The Morgan fingerprint density at radius 2 is 1.88 bits per heavy atom.